The molecule has 88 heavy (non-hydrogen) atoms. The quantitative estimate of drug-likeness (QED) is 0.0373. The fraction of sp³-hybridized carbons (Fsp3) is 0.590. The van der Waals surface area contributed by atoms with Gasteiger partial charge in [-0.15, -0.1) is 0 Å². The number of aliphatic hydroxyl groups excluding tert-OH is 1. The van der Waals surface area contributed by atoms with Crippen LogP contribution in [-0.4, -0.2) is 36.4 Å². The van der Waals surface area contributed by atoms with E-state index in [0.29, 0.717) is 12.8 Å². The maximum atomic E-state index is 12.4. The zero-order chi connectivity index (χ0) is 63.3. The summed E-state index contributed by atoms with van der Waals surface area (Å²) in [6, 6.07) is 0. The van der Waals surface area contributed by atoms with E-state index in [-0.39, 0.29) is 25.2 Å². The highest BCUT2D eigenvalue weighted by molar-refractivity contribution is 5.70. The number of esters is 2. The molecule has 0 radical (unpaired) electrons. The number of ether oxygens (including phenoxy) is 2. The summed E-state index contributed by atoms with van der Waals surface area (Å²) in [4.78, 5) is 24.7. The van der Waals surface area contributed by atoms with Crippen molar-refractivity contribution in [2.24, 2.45) is 0 Å². The molecule has 0 aliphatic heterocycles. The lowest BCUT2D eigenvalue weighted by Crippen LogP contribution is -2.28. The van der Waals surface area contributed by atoms with Crippen LogP contribution in [0.5, 0.6) is 0 Å². The van der Waals surface area contributed by atoms with Crippen LogP contribution in [0, 0.1) is 0 Å². The van der Waals surface area contributed by atoms with E-state index in [4.69, 9.17) is 9.47 Å². The maximum Gasteiger partial charge on any atom is 0.306 e. The van der Waals surface area contributed by atoms with Crippen LogP contribution in [0.1, 0.15) is 296 Å². The second-order valence-corrected chi connectivity index (χ2v) is 23.2. The van der Waals surface area contributed by atoms with Crippen LogP contribution in [0.3, 0.4) is 0 Å². The molecule has 494 valence electrons. The molecule has 0 saturated carbocycles. The fourth-order valence-corrected chi connectivity index (χ4v) is 9.59. The van der Waals surface area contributed by atoms with Crippen LogP contribution >= 0.6 is 0 Å². The van der Waals surface area contributed by atoms with Crippen molar-refractivity contribution >= 4 is 11.9 Å². The summed E-state index contributed by atoms with van der Waals surface area (Å²) in [5, 5.41) is 9.71. The molecule has 0 bridgehead atoms. The van der Waals surface area contributed by atoms with E-state index in [0.717, 1.165) is 148 Å². The summed E-state index contributed by atoms with van der Waals surface area (Å²) < 4.78 is 10.8. The van der Waals surface area contributed by atoms with Gasteiger partial charge in [0.05, 0.1) is 6.61 Å². The first-order valence-corrected chi connectivity index (χ1v) is 36.0. The topological polar surface area (TPSA) is 72.8 Å². The van der Waals surface area contributed by atoms with Crippen LogP contribution in [-0.2, 0) is 19.1 Å². The fourth-order valence-electron chi connectivity index (χ4n) is 9.59. The molecule has 0 rings (SSSR count). The Hall–Kier alpha value is -5.26. The minimum atomic E-state index is -0.791. The molecule has 1 atom stereocenters. The number of carbonyl (C=O) groups excluding carboxylic acids is 2. The minimum Gasteiger partial charge on any atom is -0.462 e. The number of hydrogen-bond acceptors (Lipinski definition) is 5. The summed E-state index contributed by atoms with van der Waals surface area (Å²) in [7, 11) is 0. The van der Waals surface area contributed by atoms with Crippen molar-refractivity contribution in [2.45, 2.75) is 302 Å². The number of allylic oxidation sites excluding steroid dienone is 32. The van der Waals surface area contributed by atoms with E-state index >= 15 is 0 Å². The first kappa shape index (κ1) is 82.7. The molecule has 1 unspecified atom stereocenters. The average Bonchev–Trinajstić information content (AvgIpc) is 3.54. The van der Waals surface area contributed by atoms with Crippen LogP contribution in [0.2, 0.25) is 0 Å². The molecule has 0 saturated heterocycles. The van der Waals surface area contributed by atoms with Gasteiger partial charge in [-0.1, -0.05) is 337 Å². The zero-order valence-electron chi connectivity index (χ0n) is 56.7. The summed E-state index contributed by atoms with van der Waals surface area (Å²) >= 11 is 0. The third kappa shape index (κ3) is 73.2. The van der Waals surface area contributed by atoms with Gasteiger partial charge in [0.2, 0.25) is 0 Å². The second-order valence-electron chi connectivity index (χ2n) is 23.2. The molecule has 5 heteroatoms. The van der Waals surface area contributed by atoms with Gasteiger partial charge in [-0.05, 0) is 141 Å². The zero-order valence-corrected chi connectivity index (χ0v) is 56.7. The number of unbranched alkanes of at least 4 members (excludes halogenated alkanes) is 24. The van der Waals surface area contributed by atoms with Crippen molar-refractivity contribution in [3.05, 3.63) is 194 Å². The Morgan fingerprint density at radius 3 is 0.682 bits per heavy atom. The Labute approximate surface area is 543 Å². The molecular weight excluding hydrogens is 1080 g/mol. The van der Waals surface area contributed by atoms with Crippen molar-refractivity contribution < 1.29 is 24.2 Å². The molecule has 1 N–H and O–H groups in total. The molecule has 5 nitrogen and oxygen atoms in total. The summed E-state index contributed by atoms with van der Waals surface area (Å²) in [6.07, 6.45) is 120. The number of carbonyl (C=O) groups is 2. The standard InChI is InChI=1S/C83H132O5/c1-3-5-7-9-11-13-15-17-19-21-23-25-27-29-31-33-35-37-39-40-41-42-44-46-48-50-52-54-56-58-60-62-64-66-68-70-72-74-76-78-83(86)88-81(79-84)80-87-82(85)77-75-73-71-69-67-65-63-61-59-57-55-53-51-49-47-45-43-38-36-34-32-30-28-26-24-22-20-18-16-14-12-10-8-6-4-2/h5-8,11-14,17-20,23-26,29-32,35-38,40-41,44,46,50,52,56,58,81,84H,3-4,9-10,15-16,21-22,27-28,33-34,39,42-43,45,47-49,51,53-55,57,59-80H2,1-2H3/b7-5-,8-6-,13-11-,14-12-,19-17-,20-18-,25-23-,26-24-,31-29-,32-30-,37-35-,38-36-,41-40-,46-44-,52-50-,58-56-. The number of rotatable bonds is 64. The Morgan fingerprint density at radius 1 is 0.261 bits per heavy atom. The third-order valence-electron chi connectivity index (χ3n) is 14.9. The first-order chi connectivity index (χ1) is 43.6. The molecule has 0 spiro atoms. The SMILES string of the molecule is CC/C=C\C/C=C\C/C=C\C/C=C\C/C=C\C/C=C\C/C=C\C/C=C\C/C=C\C/C=C\CCCCCCCCCCC(=O)OC(CO)COC(=O)CCCCCCCCCCCCCCCCCC/C=C\C/C=C\C/C=C\C/C=C\C/C=C\C/C=C\CC. The first-order valence-electron chi connectivity index (χ1n) is 36.0. The highest BCUT2D eigenvalue weighted by atomic mass is 16.6. The van der Waals surface area contributed by atoms with E-state index < -0.39 is 6.10 Å². The van der Waals surface area contributed by atoms with E-state index in [1.807, 2.05) is 0 Å². The van der Waals surface area contributed by atoms with Crippen LogP contribution in [0.15, 0.2) is 194 Å². The molecule has 0 aromatic heterocycles. The Morgan fingerprint density at radius 2 is 0.455 bits per heavy atom. The van der Waals surface area contributed by atoms with Crippen LogP contribution in [0.25, 0.3) is 0 Å². The van der Waals surface area contributed by atoms with Gasteiger partial charge in [-0.3, -0.25) is 9.59 Å². The van der Waals surface area contributed by atoms with Gasteiger partial charge in [0, 0.05) is 12.8 Å². The lowest BCUT2D eigenvalue weighted by atomic mass is 10.0. The highest BCUT2D eigenvalue weighted by Gasteiger charge is 2.16. The largest absolute Gasteiger partial charge is 0.462 e. The predicted octanol–water partition coefficient (Wildman–Crippen LogP) is 25.5. The smallest absolute Gasteiger partial charge is 0.306 e. The Bertz CT molecular complexity index is 2000. The maximum absolute atomic E-state index is 12.4. The second kappa shape index (κ2) is 76.0. The molecule has 0 aliphatic carbocycles. The van der Waals surface area contributed by atoms with Crippen molar-refractivity contribution in [2.75, 3.05) is 13.2 Å². The van der Waals surface area contributed by atoms with E-state index in [2.05, 4.69) is 208 Å². The van der Waals surface area contributed by atoms with Gasteiger partial charge in [-0.25, -0.2) is 0 Å². The summed E-state index contributed by atoms with van der Waals surface area (Å²) in [5.41, 5.74) is 0. The molecule has 0 aromatic rings. The van der Waals surface area contributed by atoms with Crippen LogP contribution in [0.4, 0.5) is 0 Å². The number of hydrogen-bond donors (Lipinski definition) is 1. The number of aliphatic hydroxyl groups is 1. The normalized spacial score (nSPS) is 13.4. The van der Waals surface area contributed by atoms with Gasteiger partial charge in [0.15, 0.2) is 6.10 Å². The van der Waals surface area contributed by atoms with Crippen molar-refractivity contribution in [3.63, 3.8) is 0 Å². The van der Waals surface area contributed by atoms with Gasteiger partial charge >= 0.3 is 11.9 Å². The monoisotopic (exact) mass is 1210 g/mol. The lowest BCUT2D eigenvalue weighted by Gasteiger charge is -2.15. The molecule has 0 aliphatic rings. The van der Waals surface area contributed by atoms with Gasteiger partial charge in [0.1, 0.15) is 6.61 Å². The minimum absolute atomic E-state index is 0.0785. The molecular formula is C83H132O5. The third-order valence-corrected chi connectivity index (χ3v) is 14.9. The van der Waals surface area contributed by atoms with Crippen molar-refractivity contribution in [1.82, 2.24) is 0 Å². The van der Waals surface area contributed by atoms with E-state index in [9.17, 15) is 14.7 Å². The van der Waals surface area contributed by atoms with Gasteiger partial charge in [-0.2, -0.15) is 0 Å². The van der Waals surface area contributed by atoms with E-state index in [1.54, 1.807) is 0 Å². The van der Waals surface area contributed by atoms with E-state index in [1.165, 1.54) is 122 Å². The van der Waals surface area contributed by atoms with Crippen LogP contribution < -0.4 is 0 Å². The average molecular weight is 1210 g/mol. The molecule has 0 fully saturated rings. The van der Waals surface area contributed by atoms with Gasteiger partial charge in [0.25, 0.3) is 0 Å². The molecule has 0 amide bonds. The Kier molecular flexibility index (Phi) is 71.4. The van der Waals surface area contributed by atoms with Crippen molar-refractivity contribution in [3.8, 4) is 0 Å². The highest BCUT2D eigenvalue weighted by Crippen LogP contribution is 2.16. The molecule has 0 heterocycles. The summed E-state index contributed by atoms with van der Waals surface area (Å²) in [5.74, 6) is -0.605. The van der Waals surface area contributed by atoms with Gasteiger partial charge < -0.3 is 14.6 Å². The molecule has 0 aromatic carbocycles. The summed E-state index contributed by atoms with van der Waals surface area (Å²) in [6.45, 7) is 3.91. The Balaban J connectivity index is 3.56. The van der Waals surface area contributed by atoms with Crippen molar-refractivity contribution in [1.29, 1.82) is 0 Å². The predicted molar refractivity (Wildman–Crippen MR) is 389 cm³/mol. The lowest BCUT2D eigenvalue weighted by molar-refractivity contribution is -0.161.